The van der Waals surface area contributed by atoms with E-state index < -0.39 is 0 Å². The van der Waals surface area contributed by atoms with Gasteiger partial charge in [0, 0.05) is 4.47 Å². The molecule has 6 heteroatoms. The average Bonchev–Trinajstić information content (AvgIpc) is 2.71. The Morgan fingerprint density at radius 2 is 2.31 bits per heavy atom. The number of benzene rings is 1. The summed E-state index contributed by atoms with van der Waals surface area (Å²) in [5.41, 5.74) is 7.29. The molecule has 16 heavy (non-hydrogen) atoms. The molecule has 0 spiro atoms. The van der Waals surface area contributed by atoms with Crippen LogP contribution in [0.25, 0.3) is 11.5 Å². The van der Waals surface area contributed by atoms with Crippen LogP contribution in [0.15, 0.2) is 27.2 Å². The van der Waals surface area contributed by atoms with Crippen molar-refractivity contribution in [1.82, 2.24) is 10.1 Å². The number of nitrogen functional groups attached to an aromatic ring is 1. The number of anilines is 1. The average molecular weight is 300 g/mol. The van der Waals surface area contributed by atoms with E-state index in [1.807, 2.05) is 24.5 Å². The minimum Gasteiger partial charge on any atom is -0.397 e. The van der Waals surface area contributed by atoms with Gasteiger partial charge in [0.05, 0.1) is 17.0 Å². The van der Waals surface area contributed by atoms with E-state index in [1.165, 1.54) is 0 Å². The molecule has 0 unspecified atom stereocenters. The van der Waals surface area contributed by atoms with Crippen molar-refractivity contribution in [3.63, 3.8) is 0 Å². The molecule has 0 saturated carbocycles. The van der Waals surface area contributed by atoms with Crippen molar-refractivity contribution in [2.75, 3.05) is 12.0 Å². The Labute approximate surface area is 106 Å². The largest absolute Gasteiger partial charge is 0.397 e. The normalized spacial score (nSPS) is 10.6. The number of rotatable bonds is 3. The molecule has 0 aliphatic carbocycles. The van der Waals surface area contributed by atoms with Crippen molar-refractivity contribution in [3.8, 4) is 11.5 Å². The first-order valence-corrected chi connectivity index (χ1v) is 6.77. The summed E-state index contributed by atoms with van der Waals surface area (Å²) < 4.78 is 5.99. The van der Waals surface area contributed by atoms with Gasteiger partial charge in [0.2, 0.25) is 0 Å². The first-order valence-electron chi connectivity index (χ1n) is 4.58. The molecule has 4 nitrogen and oxygen atoms in total. The zero-order chi connectivity index (χ0) is 11.5. The summed E-state index contributed by atoms with van der Waals surface area (Å²) in [6.07, 6.45) is 1.99. The molecule has 0 fully saturated rings. The predicted molar refractivity (Wildman–Crippen MR) is 69.1 cm³/mol. The third-order valence-electron chi connectivity index (χ3n) is 2.02. The van der Waals surface area contributed by atoms with Crippen LogP contribution in [0.5, 0.6) is 0 Å². The van der Waals surface area contributed by atoms with E-state index in [0.29, 0.717) is 17.4 Å². The Morgan fingerprint density at radius 1 is 1.50 bits per heavy atom. The number of halogens is 1. The molecule has 84 valence electrons. The number of hydrogen-bond acceptors (Lipinski definition) is 5. The summed E-state index contributed by atoms with van der Waals surface area (Å²) in [5, 5.41) is 3.88. The minimum atomic E-state index is 0.461. The van der Waals surface area contributed by atoms with Gasteiger partial charge in [-0.2, -0.15) is 16.7 Å². The summed E-state index contributed by atoms with van der Waals surface area (Å²) >= 11 is 5.01. The van der Waals surface area contributed by atoms with Crippen LogP contribution in [-0.4, -0.2) is 16.4 Å². The van der Waals surface area contributed by atoms with Crippen LogP contribution in [-0.2, 0) is 5.75 Å². The number of aromatic nitrogens is 2. The smallest absolute Gasteiger partial charge is 0.260 e. The third-order valence-corrected chi connectivity index (χ3v) is 3.26. The molecule has 1 heterocycles. The molecule has 0 bridgehead atoms. The Bertz CT molecular complexity index is 501. The van der Waals surface area contributed by atoms with Gasteiger partial charge < -0.3 is 10.3 Å². The Balaban J connectivity index is 2.39. The fraction of sp³-hybridized carbons (Fsp3) is 0.200. The maximum atomic E-state index is 5.92. The lowest BCUT2D eigenvalue weighted by atomic mass is 10.2. The van der Waals surface area contributed by atoms with Gasteiger partial charge in [0.15, 0.2) is 5.82 Å². The summed E-state index contributed by atoms with van der Waals surface area (Å²) in [6.45, 7) is 0. The molecule has 0 aliphatic rings. The van der Waals surface area contributed by atoms with E-state index in [2.05, 4.69) is 26.1 Å². The van der Waals surface area contributed by atoms with E-state index in [9.17, 15) is 0 Å². The van der Waals surface area contributed by atoms with Crippen LogP contribution in [0, 0.1) is 0 Å². The fourth-order valence-corrected chi connectivity index (χ4v) is 2.02. The van der Waals surface area contributed by atoms with Crippen molar-refractivity contribution in [3.05, 3.63) is 28.5 Å². The zero-order valence-electron chi connectivity index (χ0n) is 8.61. The zero-order valence-corrected chi connectivity index (χ0v) is 11.0. The Morgan fingerprint density at radius 3 is 3.06 bits per heavy atom. The molecule has 1 aromatic carbocycles. The van der Waals surface area contributed by atoms with Gasteiger partial charge in [0.1, 0.15) is 0 Å². The highest BCUT2D eigenvalue weighted by Crippen LogP contribution is 2.30. The second-order valence-corrected chi connectivity index (χ2v) is 4.87. The first kappa shape index (κ1) is 11.5. The van der Waals surface area contributed by atoms with E-state index in [1.54, 1.807) is 11.8 Å². The standard InChI is InChI=1S/C10H10BrN3OS/c1-16-5-8-13-10(15-14-8)6-3-2-4-7(11)9(6)12/h2-4H,5,12H2,1H3. The molecule has 2 N–H and O–H groups in total. The summed E-state index contributed by atoms with van der Waals surface area (Å²) in [5.74, 6) is 1.88. The van der Waals surface area contributed by atoms with E-state index in [4.69, 9.17) is 10.3 Å². The lowest BCUT2D eigenvalue weighted by Gasteiger charge is -2.01. The van der Waals surface area contributed by atoms with Crippen molar-refractivity contribution < 1.29 is 4.52 Å². The molecule has 0 aliphatic heterocycles. The van der Waals surface area contributed by atoms with Crippen LogP contribution in [0.1, 0.15) is 5.82 Å². The molecule has 1 aromatic heterocycles. The van der Waals surface area contributed by atoms with Gasteiger partial charge in [-0.3, -0.25) is 0 Å². The second kappa shape index (κ2) is 4.88. The number of thioether (sulfide) groups is 1. The van der Waals surface area contributed by atoms with Crippen LogP contribution < -0.4 is 5.73 Å². The van der Waals surface area contributed by atoms with Gasteiger partial charge >= 0.3 is 0 Å². The maximum Gasteiger partial charge on any atom is 0.260 e. The highest BCUT2D eigenvalue weighted by atomic mass is 79.9. The van der Waals surface area contributed by atoms with E-state index >= 15 is 0 Å². The second-order valence-electron chi connectivity index (χ2n) is 3.15. The first-order chi connectivity index (χ1) is 7.72. The monoisotopic (exact) mass is 299 g/mol. The van der Waals surface area contributed by atoms with Crippen LogP contribution in [0.4, 0.5) is 5.69 Å². The Hall–Kier alpha value is -1.01. The van der Waals surface area contributed by atoms with Gasteiger partial charge in [0.25, 0.3) is 5.89 Å². The highest BCUT2D eigenvalue weighted by molar-refractivity contribution is 9.10. The Kier molecular flexibility index (Phi) is 3.50. The summed E-state index contributed by atoms with van der Waals surface area (Å²) in [7, 11) is 0. The number of para-hydroxylation sites is 1. The number of nitrogens with zero attached hydrogens (tertiary/aromatic N) is 2. The molecular formula is C10H10BrN3OS. The number of hydrogen-bond donors (Lipinski definition) is 1. The van der Waals surface area contributed by atoms with Crippen LogP contribution in [0.2, 0.25) is 0 Å². The van der Waals surface area contributed by atoms with Crippen molar-refractivity contribution in [2.45, 2.75) is 5.75 Å². The lowest BCUT2D eigenvalue weighted by molar-refractivity contribution is 0.425. The number of nitrogens with two attached hydrogens (primary N) is 1. The van der Waals surface area contributed by atoms with Crippen LogP contribution >= 0.6 is 27.7 Å². The van der Waals surface area contributed by atoms with Crippen molar-refractivity contribution in [2.24, 2.45) is 0 Å². The molecule has 0 amide bonds. The quantitative estimate of drug-likeness (QED) is 0.883. The van der Waals surface area contributed by atoms with Crippen molar-refractivity contribution in [1.29, 1.82) is 0 Å². The minimum absolute atomic E-state index is 0.461. The lowest BCUT2D eigenvalue weighted by Crippen LogP contribution is -1.91. The predicted octanol–water partition coefficient (Wildman–Crippen LogP) is 2.94. The van der Waals surface area contributed by atoms with Gasteiger partial charge in [-0.05, 0) is 34.3 Å². The molecule has 2 rings (SSSR count). The SMILES string of the molecule is CSCc1noc(-c2cccc(Br)c2N)n1. The third kappa shape index (κ3) is 2.22. The van der Waals surface area contributed by atoms with Gasteiger partial charge in [-0.25, -0.2) is 0 Å². The topological polar surface area (TPSA) is 64.9 Å². The van der Waals surface area contributed by atoms with Gasteiger partial charge in [-0.15, -0.1) is 0 Å². The molecule has 0 saturated heterocycles. The summed E-state index contributed by atoms with van der Waals surface area (Å²) in [6, 6.07) is 5.61. The molecule has 2 aromatic rings. The maximum absolute atomic E-state index is 5.92. The highest BCUT2D eigenvalue weighted by Gasteiger charge is 2.12. The van der Waals surface area contributed by atoms with Gasteiger partial charge in [-0.1, -0.05) is 11.2 Å². The molecule has 0 atom stereocenters. The van der Waals surface area contributed by atoms with E-state index in [-0.39, 0.29) is 0 Å². The van der Waals surface area contributed by atoms with Crippen molar-refractivity contribution >= 4 is 33.4 Å². The van der Waals surface area contributed by atoms with Crippen LogP contribution in [0.3, 0.4) is 0 Å². The molecular weight excluding hydrogens is 290 g/mol. The fourth-order valence-electron chi connectivity index (χ4n) is 1.27. The molecule has 0 radical (unpaired) electrons. The van der Waals surface area contributed by atoms with E-state index in [0.717, 1.165) is 15.8 Å². The summed E-state index contributed by atoms with van der Waals surface area (Å²) in [4.78, 5) is 4.27.